The molecular weight excluding hydrogens is 152 g/mol. The van der Waals surface area contributed by atoms with E-state index in [-0.39, 0.29) is 6.61 Å². The minimum Gasteiger partial charge on any atom is -0.392 e. The zero-order valence-corrected chi connectivity index (χ0v) is 7.49. The Labute approximate surface area is 72.5 Å². The molecule has 1 aromatic rings. The molecule has 3 heteroatoms. The lowest BCUT2D eigenvalue weighted by atomic mass is 10.1. The quantitative estimate of drug-likeness (QED) is 0.733. The van der Waals surface area contributed by atoms with E-state index >= 15 is 0 Å². The monoisotopic (exact) mass is 166 g/mol. The molecule has 0 radical (unpaired) electrons. The summed E-state index contributed by atoms with van der Waals surface area (Å²) >= 11 is 0. The highest BCUT2D eigenvalue weighted by atomic mass is 16.3. The van der Waals surface area contributed by atoms with Crippen molar-refractivity contribution >= 4 is 0 Å². The lowest BCUT2D eigenvalue weighted by Gasteiger charge is -2.02. The van der Waals surface area contributed by atoms with Crippen LogP contribution in [0, 0.1) is 5.92 Å². The molecule has 0 amide bonds. The first-order chi connectivity index (χ1) is 5.72. The van der Waals surface area contributed by atoms with Crippen LogP contribution in [0.4, 0.5) is 0 Å². The first kappa shape index (κ1) is 9.13. The summed E-state index contributed by atoms with van der Waals surface area (Å²) in [5.74, 6) is 1.42. The second kappa shape index (κ2) is 4.16. The van der Waals surface area contributed by atoms with Crippen molar-refractivity contribution in [2.45, 2.75) is 26.9 Å². The normalized spacial score (nSPS) is 10.7. The first-order valence-corrected chi connectivity index (χ1v) is 4.13. The highest BCUT2D eigenvalue weighted by Gasteiger charge is 1.99. The topological polar surface area (TPSA) is 46.0 Å². The molecule has 0 unspecified atom stereocenters. The lowest BCUT2D eigenvalue weighted by molar-refractivity contribution is 0.280. The summed E-state index contributed by atoms with van der Waals surface area (Å²) in [5, 5.41) is 8.73. The van der Waals surface area contributed by atoms with Gasteiger partial charge in [0.15, 0.2) is 0 Å². The molecule has 0 fully saturated rings. The molecule has 0 saturated heterocycles. The summed E-state index contributed by atoms with van der Waals surface area (Å²) < 4.78 is 0. The summed E-state index contributed by atoms with van der Waals surface area (Å²) in [5.41, 5.74) is 0.766. The number of nitrogens with zero attached hydrogens (tertiary/aromatic N) is 2. The van der Waals surface area contributed by atoms with Gasteiger partial charge in [-0.25, -0.2) is 9.97 Å². The number of hydrogen-bond donors (Lipinski definition) is 1. The molecule has 0 spiro atoms. The predicted molar refractivity (Wildman–Crippen MR) is 46.5 cm³/mol. The molecule has 3 nitrogen and oxygen atoms in total. The van der Waals surface area contributed by atoms with Gasteiger partial charge in [0.2, 0.25) is 0 Å². The van der Waals surface area contributed by atoms with Crippen LogP contribution in [0.15, 0.2) is 12.4 Å². The minimum atomic E-state index is 0.0158. The third-order valence-electron chi connectivity index (χ3n) is 1.53. The van der Waals surface area contributed by atoms with Crippen molar-refractivity contribution in [3.05, 3.63) is 23.8 Å². The highest BCUT2D eigenvalue weighted by Crippen LogP contribution is 2.02. The fourth-order valence-electron chi connectivity index (χ4n) is 0.934. The zero-order chi connectivity index (χ0) is 8.97. The highest BCUT2D eigenvalue weighted by molar-refractivity contribution is 5.03. The molecule has 66 valence electrons. The summed E-state index contributed by atoms with van der Waals surface area (Å²) in [6, 6.07) is 0. The van der Waals surface area contributed by atoms with Gasteiger partial charge in [0, 0.05) is 24.4 Å². The number of aliphatic hydroxyl groups excluding tert-OH is 1. The third kappa shape index (κ3) is 2.58. The summed E-state index contributed by atoms with van der Waals surface area (Å²) in [4.78, 5) is 8.24. The maximum Gasteiger partial charge on any atom is 0.128 e. The molecule has 1 N–H and O–H groups in total. The predicted octanol–water partition coefficient (Wildman–Crippen LogP) is 1.17. The first-order valence-electron chi connectivity index (χ1n) is 4.13. The lowest BCUT2D eigenvalue weighted by Crippen LogP contribution is -2.01. The van der Waals surface area contributed by atoms with E-state index in [0.717, 1.165) is 17.8 Å². The second-order valence-corrected chi connectivity index (χ2v) is 3.26. The van der Waals surface area contributed by atoms with Gasteiger partial charge in [-0.15, -0.1) is 0 Å². The molecule has 0 aliphatic rings. The number of aliphatic hydroxyl groups is 1. The molecule has 0 saturated carbocycles. The molecule has 0 aliphatic carbocycles. The number of hydrogen-bond acceptors (Lipinski definition) is 3. The smallest absolute Gasteiger partial charge is 0.128 e. The Balaban J connectivity index is 2.65. The van der Waals surface area contributed by atoms with Gasteiger partial charge in [-0.2, -0.15) is 0 Å². The Hall–Kier alpha value is -0.960. The van der Waals surface area contributed by atoms with Gasteiger partial charge in [-0.1, -0.05) is 13.8 Å². The molecule has 0 atom stereocenters. The van der Waals surface area contributed by atoms with Crippen LogP contribution < -0.4 is 0 Å². The Morgan fingerprint density at radius 2 is 1.92 bits per heavy atom. The van der Waals surface area contributed by atoms with Crippen LogP contribution in [0.25, 0.3) is 0 Å². The van der Waals surface area contributed by atoms with Crippen molar-refractivity contribution in [3.8, 4) is 0 Å². The Kier molecular flexibility index (Phi) is 3.17. The van der Waals surface area contributed by atoms with E-state index in [2.05, 4.69) is 23.8 Å². The van der Waals surface area contributed by atoms with Gasteiger partial charge >= 0.3 is 0 Å². The average molecular weight is 166 g/mol. The SMILES string of the molecule is CC(C)Cc1ncc(CO)cn1. The van der Waals surface area contributed by atoms with E-state index in [9.17, 15) is 0 Å². The molecule has 1 aromatic heterocycles. The van der Waals surface area contributed by atoms with Crippen LogP contribution in [-0.4, -0.2) is 15.1 Å². The van der Waals surface area contributed by atoms with E-state index in [1.165, 1.54) is 0 Å². The van der Waals surface area contributed by atoms with Crippen molar-refractivity contribution < 1.29 is 5.11 Å². The van der Waals surface area contributed by atoms with Gasteiger partial charge in [-0.05, 0) is 5.92 Å². The zero-order valence-electron chi connectivity index (χ0n) is 7.49. The summed E-state index contributed by atoms with van der Waals surface area (Å²) in [6.07, 6.45) is 4.24. The van der Waals surface area contributed by atoms with Crippen molar-refractivity contribution in [3.63, 3.8) is 0 Å². The minimum absolute atomic E-state index is 0.0158. The number of rotatable bonds is 3. The molecule has 1 rings (SSSR count). The van der Waals surface area contributed by atoms with Gasteiger partial charge < -0.3 is 5.11 Å². The molecule has 0 aromatic carbocycles. The fourth-order valence-corrected chi connectivity index (χ4v) is 0.934. The Morgan fingerprint density at radius 3 is 2.33 bits per heavy atom. The molecule has 1 heterocycles. The number of aromatic nitrogens is 2. The van der Waals surface area contributed by atoms with Gasteiger partial charge in [-0.3, -0.25) is 0 Å². The largest absolute Gasteiger partial charge is 0.392 e. The van der Waals surface area contributed by atoms with E-state index in [1.54, 1.807) is 12.4 Å². The third-order valence-corrected chi connectivity index (χ3v) is 1.53. The molecule has 0 aliphatic heterocycles. The average Bonchev–Trinajstić information content (AvgIpc) is 2.05. The van der Waals surface area contributed by atoms with Gasteiger partial charge in [0.1, 0.15) is 5.82 Å². The van der Waals surface area contributed by atoms with Crippen LogP contribution in [0.3, 0.4) is 0 Å². The van der Waals surface area contributed by atoms with Crippen LogP contribution in [0.5, 0.6) is 0 Å². The van der Waals surface area contributed by atoms with Crippen LogP contribution in [-0.2, 0) is 13.0 Å². The standard InChI is InChI=1S/C9H14N2O/c1-7(2)3-9-10-4-8(6-12)5-11-9/h4-5,7,12H,3,6H2,1-2H3. The van der Waals surface area contributed by atoms with E-state index < -0.39 is 0 Å². The Morgan fingerprint density at radius 1 is 1.33 bits per heavy atom. The maximum atomic E-state index is 8.73. The van der Waals surface area contributed by atoms with E-state index in [1.807, 2.05) is 0 Å². The van der Waals surface area contributed by atoms with Gasteiger partial charge in [0.25, 0.3) is 0 Å². The summed E-state index contributed by atoms with van der Waals surface area (Å²) in [7, 11) is 0. The van der Waals surface area contributed by atoms with Gasteiger partial charge in [0.05, 0.1) is 6.61 Å². The van der Waals surface area contributed by atoms with Crippen molar-refractivity contribution in [2.24, 2.45) is 5.92 Å². The van der Waals surface area contributed by atoms with Crippen LogP contribution >= 0.6 is 0 Å². The van der Waals surface area contributed by atoms with Crippen LogP contribution in [0.2, 0.25) is 0 Å². The van der Waals surface area contributed by atoms with Crippen LogP contribution in [0.1, 0.15) is 25.2 Å². The van der Waals surface area contributed by atoms with Crippen molar-refractivity contribution in [1.29, 1.82) is 0 Å². The fraction of sp³-hybridized carbons (Fsp3) is 0.556. The maximum absolute atomic E-state index is 8.73. The molecule has 12 heavy (non-hydrogen) atoms. The van der Waals surface area contributed by atoms with Crippen molar-refractivity contribution in [2.75, 3.05) is 0 Å². The molecular formula is C9H14N2O. The van der Waals surface area contributed by atoms with E-state index in [4.69, 9.17) is 5.11 Å². The molecule has 0 bridgehead atoms. The Bertz CT molecular complexity index is 231. The van der Waals surface area contributed by atoms with E-state index in [0.29, 0.717) is 5.92 Å². The second-order valence-electron chi connectivity index (χ2n) is 3.26. The summed E-state index contributed by atoms with van der Waals surface area (Å²) in [6.45, 7) is 4.27. The van der Waals surface area contributed by atoms with Crippen molar-refractivity contribution in [1.82, 2.24) is 9.97 Å².